The van der Waals surface area contributed by atoms with Crippen molar-refractivity contribution < 1.29 is 14.3 Å². The predicted molar refractivity (Wildman–Crippen MR) is 102 cm³/mol. The fraction of sp³-hybridized carbons (Fsp3) is 0.421. The molecule has 0 saturated carbocycles. The number of nitrogens with zero attached hydrogens (tertiary/aromatic N) is 1. The number of rotatable bonds is 2. The third kappa shape index (κ3) is 4.46. The molecular formula is C19H25N5O3. The molecule has 1 unspecified atom stereocenters. The van der Waals surface area contributed by atoms with Gasteiger partial charge >= 0.3 is 6.09 Å². The van der Waals surface area contributed by atoms with E-state index in [1.807, 2.05) is 12.1 Å². The van der Waals surface area contributed by atoms with Crippen LogP contribution in [0.2, 0.25) is 0 Å². The smallest absolute Gasteiger partial charge is 0.411 e. The summed E-state index contributed by atoms with van der Waals surface area (Å²) in [5.74, 6) is 0.147. The average molecular weight is 371 g/mol. The van der Waals surface area contributed by atoms with E-state index >= 15 is 0 Å². The maximum atomic E-state index is 12.0. The first-order chi connectivity index (χ1) is 13.0. The van der Waals surface area contributed by atoms with Crippen molar-refractivity contribution in [3.63, 3.8) is 0 Å². The van der Waals surface area contributed by atoms with Crippen LogP contribution in [-0.2, 0) is 16.0 Å². The van der Waals surface area contributed by atoms with Crippen LogP contribution in [-0.4, -0.2) is 29.1 Å². The van der Waals surface area contributed by atoms with Crippen LogP contribution in [0, 0.1) is 5.92 Å². The summed E-state index contributed by atoms with van der Waals surface area (Å²) in [6.07, 6.45) is 4.95. The standard InChI is InChI=1S/C19H25N5O3/c1-27-19(26)23-13-6-7-14-12(9-13)8-11(17(21)25)4-2-3-5-15(20)18-22-10-16(14)24-18/h6-7,9-11,15H,2-5,8,20H2,1H3,(H2,21,25)(H,22,24)(H,23,26)/t11?,15-/m0/s1. The van der Waals surface area contributed by atoms with Gasteiger partial charge in [0.1, 0.15) is 5.82 Å². The number of aromatic nitrogens is 2. The lowest BCUT2D eigenvalue weighted by Crippen LogP contribution is -2.25. The van der Waals surface area contributed by atoms with Crippen molar-refractivity contribution in [2.24, 2.45) is 17.4 Å². The number of aromatic amines is 1. The molecule has 2 bridgehead atoms. The molecule has 0 fully saturated rings. The van der Waals surface area contributed by atoms with E-state index in [0.717, 1.165) is 41.9 Å². The lowest BCUT2D eigenvalue weighted by Gasteiger charge is -2.18. The lowest BCUT2D eigenvalue weighted by atomic mass is 9.89. The van der Waals surface area contributed by atoms with E-state index in [2.05, 4.69) is 20.0 Å². The van der Waals surface area contributed by atoms with Crippen LogP contribution in [0.4, 0.5) is 10.5 Å². The molecule has 144 valence electrons. The van der Waals surface area contributed by atoms with Gasteiger partial charge in [-0.25, -0.2) is 9.78 Å². The van der Waals surface area contributed by atoms with Crippen LogP contribution in [0.25, 0.3) is 11.3 Å². The molecule has 27 heavy (non-hydrogen) atoms. The van der Waals surface area contributed by atoms with E-state index in [0.29, 0.717) is 18.5 Å². The van der Waals surface area contributed by atoms with E-state index in [1.165, 1.54) is 7.11 Å². The molecule has 1 aliphatic heterocycles. The topological polar surface area (TPSA) is 136 Å². The minimum Gasteiger partial charge on any atom is -0.453 e. The number of nitrogens with two attached hydrogens (primary N) is 2. The highest BCUT2D eigenvalue weighted by Gasteiger charge is 2.21. The average Bonchev–Trinajstić information content (AvgIpc) is 3.13. The summed E-state index contributed by atoms with van der Waals surface area (Å²) in [5, 5.41) is 2.66. The van der Waals surface area contributed by atoms with Gasteiger partial charge in [0.25, 0.3) is 0 Å². The second kappa shape index (κ2) is 8.22. The maximum absolute atomic E-state index is 12.0. The van der Waals surface area contributed by atoms with Gasteiger partial charge in [-0.2, -0.15) is 0 Å². The van der Waals surface area contributed by atoms with E-state index in [4.69, 9.17) is 11.5 Å². The first-order valence-electron chi connectivity index (χ1n) is 9.06. The zero-order valence-corrected chi connectivity index (χ0v) is 15.3. The summed E-state index contributed by atoms with van der Waals surface area (Å²) >= 11 is 0. The number of anilines is 1. The van der Waals surface area contributed by atoms with E-state index in [1.54, 1.807) is 12.3 Å². The quantitative estimate of drug-likeness (QED) is 0.643. The SMILES string of the molecule is COC(=O)Nc1ccc2c(c1)CC(C(N)=O)CCCC[C@H](N)c1ncc-2[nH]1. The number of ether oxygens (including phenoxy) is 1. The Balaban J connectivity index is 2.03. The summed E-state index contributed by atoms with van der Waals surface area (Å²) in [4.78, 5) is 31.2. The number of nitrogens with one attached hydrogen (secondary N) is 2. The Bertz CT molecular complexity index is 833. The summed E-state index contributed by atoms with van der Waals surface area (Å²) in [7, 11) is 1.31. The number of H-pyrrole nitrogens is 1. The van der Waals surface area contributed by atoms with Crippen LogP contribution in [0.1, 0.15) is 43.1 Å². The number of imidazole rings is 1. The molecule has 0 spiro atoms. The van der Waals surface area contributed by atoms with Crippen LogP contribution in [0.3, 0.4) is 0 Å². The highest BCUT2D eigenvalue weighted by Crippen LogP contribution is 2.31. The van der Waals surface area contributed by atoms with Gasteiger partial charge in [-0.3, -0.25) is 10.1 Å². The monoisotopic (exact) mass is 371 g/mol. The number of methoxy groups -OCH3 is 1. The maximum Gasteiger partial charge on any atom is 0.411 e. The molecule has 8 nitrogen and oxygen atoms in total. The van der Waals surface area contributed by atoms with E-state index in [-0.39, 0.29) is 17.9 Å². The van der Waals surface area contributed by atoms with Gasteiger partial charge < -0.3 is 21.2 Å². The Morgan fingerprint density at radius 3 is 2.81 bits per heavy atom. The number of amides is 2. The molecule has 6 N–H and O–H groups in total. The number of carbonyl (C=O) groups excluding carboxylic acids is 2. The number of hydrogen-bond donors (Lipinski definition) is 4. The Morgan fingerprint density at radius 2 is 2.07 bits per heavy atom. The molecule has 1 aromatic heterocycles. The molecule has 8 heteroatoms. The summed E-state index contributed by atoms with van der Waals surface area (Å²) in [6.45, 7) is 0. The molecule has 1 aliphatic rings. The Kier molecular flexibility index (Phi) is 5.75. The number of fused-ring (bicyclic) bond motifs is 4. The number of carbonyl (C=O) groups is 2. The van der Waals surface area contributed by atoms with Crippen molar-refractivity contribution in [2.45, 2.75) is 38.1 Å². The molecule has 2 atom stereocenters. The first kappa shape index (κ1) is 18.9. The Hall–Kier alpha value is -2.87. The van der Waals surface area contributed by atoms with Crippen molar-refractivity contribution in [1.29, 1.82) is 0 Å². The molecule has 1 aromatic carbocycles. The first-order valence-corrected chi connectivity index (χ1v) is 9.06. The summed E-state index contributed by atoms with van der Waals surface area (Å²) in [6, 6.07) is 5.33. The van der Waals surface area contributed by atoms with Crippen molar-refractivity contribution in [2.75, 3.05) is 12.4 Å². The van der Waals surface area contributed by atoms with Crippen molar-refractivity contribution in [1.82, 2.24) is 9.97 Å². The normalized spacial score (nSPS) is 19.9. The highest BCUT2D eigenvalue weighted by atomic mass is 16.5. The van der Waals surface area contributed by atoms with Gasteiger partial charge in [0.05, 0.1) is 25.0 Å². The number of primary amides is 1. The fourth-order valence-electron chi connectivity index (χ4n) is 3.44. The second-order valence-corrected chi connectivity index (χ2v) is 6.86. The van der Waals surface area contributed by atoms with Gasteiger partial charge in [0.15, 0.2) is 0 Å². The lowest BCUT2D eigenvalue weighted by molar-refractivity contribution is -0.122. The van der Waals surface area contributed by atoms with Crippen molar-refractivity contribution in [3.8, 4) is 11.3 Å². The molecule has 0 aliphatic carbocycles. The van der Waals surface area contributed by atoms with Gasteiger partial charge in [0, 0.05) is 17.2 Å². The number of benzene rings is 1. The molecule has 0 radical (unpaired) electrons. The zero-order chi connectivity index (χ0) is 19.4. The van der Waals surface area contributed by atoms with E-state index < -0.39 is 6.09 Å². The molecule has 0 saturated heterocycles. The van der Waals surface area contributed by atoms with Crippen LogP contribution in [0.15, 0.2) is 24.4 Å². The molecular weight excluding hydrogens is 346 g/mol. The third-order valence-corrected chi connectivity index (χ3v) is 4.96. The second-order valence-electron chi connectivity index (χ2n) is 6.86. The van der Waals surface area contributed by atoms with Crippen molar-refractivity contribution in [3.05, 3.63) is 35.8 Å². The summed E-state index contributed by atoms with van der Waals surface area (Å²) in [5.41, 5.74) is 15.1. The predicted octanol–water partition coefficient (Wildman–Crippen LogP) is 2.47. The molecule has 2 heterocycles. The zero-order valence-electron chi connectivity index (χ0n) is 15.3. The minimum absolute atomic E-state index is 0.172. The third-order valence-electron chi connectivity index (χ3n) is 4.96. The van der Waals surface area contributed by atoms with Gasteiger partial charge in [0.2, 0.25) is 5.91 Å². The van der Waals surface area contributed by atoms with Crippen LogP contribution < -0.4 is 16.8 Å². The van der Waals surface area contributed by atoms with Gasteiger partial charge in [-0.1, -0.05) is 18.9 Å². The van der Waals surface area contributed by atoms with Crippen molar-refractivity contribution >= 4 is 17.7 Å². The fourth-order valence-corrected chi connectivity index (χ4v) is 3.44. The van der Waals surface area contributed by atoms with Gasteiger partial charge in [-0.15, -0.1) is 0 Å². The van der Waals surface area contributed by atoms with Gasteiger partial charge in [-0.05, 0) is 37.0 Å². The highest BCUT2D eigenvalue weighted by molar-refractivity contribution is 5.85. The Labute approximate surface area is 157 Å². The largest absolute Gasteiger partial charge is 0.453 e. The molecule has 2 amide bonds. The number of hydrogen-bond acceptors (Lipinski definition) is 5. The molecule has 2 aromatic rings. The van der Waals surface area contributed by atoms with Crippen LogP contribution in [0.5, 0.6) is 0 Å². The summed E-state index contributed by atoms with van der Waals surface area (Å²) < 4.78 is 4.65. The Morgan fingerprint density at radius 1 is 1.30 bits per heavy atom. The molecule has 3 rings (SSSR count). The minimum atomic E-state index is -0.552. The van der Waals surface area contributed by atoms with Crippen LogP contribution >= 0.6 is 0 Å². The van der Waals surface area contributed by atoms with E-state index in [9.17, 15) is 9.59 Å².